The van der Waals surface area contributed by atoms with Crippen molar-refractivity contribution in [3.63, 3.8) is 0 Å². The topological polar surface area (TPSA) is 83.7 Å². The number of aliphatic hydroxyl groups is 1. The molecule has 3 atom stereocenters. The minimum atomic E-state index is -5.20. The van der Waals surface area contributed by atoms with Crippen LogP contribution in [0.2, 0.25) is 0 Å². The summed E-state index contributed by atoms with van der Waals surface area (Å²) < 4.78 is 76.2. The summed E-state index contributed by atoms with van der Waals surface area (Å²) in [5.74, 6) is -1.01. The maximum absolute atomic E-state index is 13.3. The van der Waals surface area contributed by atoms with Gasteiger partial charge in [-0.05, 0) is 18.9 Å². The number of anilines is 1. The molecule has 2 N–H and O–H groups in total. The molecule has 7 nitrogen and oxygen atoms in total. The summed E-state index contributed by atoms with van der Waals surface area (Å²) in [6, 6.07) is 1.45. The van der Waals surface area contributed by atoms with E-state index >= 15 is 0 Å². The maximum atomic E-state index is 13.3. The van der Waals surface area contributed by atoms with Crippen LogP contribution < -0.4 is 15.0 Å². The van der Waals surface area contributed by atoms with Crippen molar-refractivity contribution in [2.45, 2.75) is 43.8 Å². The predicted molar refractivity (Wildman–Crippen MR) is 105 cm³/mol. The van der Waals surface area contributed by atoms with E-state index in [1.807, 2.05) is 4.90 Å². The van der Waals surface area contributed by atoms with Crippen LogP contribution in [0.1, 0.15) is 24.5 Å². The number of piperazine rings is 1. The smallest absolute Gasteiger partial charge is 0.423 e. The van der Waals surface area contributed by atoms with E-state index < -0.39 is 35.7 Å². The molecule has 13 heteroatoms. The van der Waals surface area contributed by atoms with Crippen molar-refractivity contribution < 1.29 is 36.2 Å². The normalized spacial score (nSPS) is 22.2. The number of hydrogen-bond donors (Lipinski definition) is 2. The highest BCUT2D eigenvalue weighted by molar-refractivity contribution is 7.07. The van der Waals surface area contributed by atoms with E-state index in [1.165, 1.54) is 16.8 Å². The first-order valence-electron chi connectivity index (χ1n) is 9.78. The van der Waals surface area contributed by atoms with Crippen molar-refractivity contribution >= 4 is 28.5 Å². The van der Waals surface area contributed by atoms with Crippen LogP contribution in [0.25, 0.3) is 22.4 Å². The van der Waals surface area contributed by atoms with E-state index in [2.05, 4.69) is 20.0 Å². The molecule has 2 aromatic heterocycles. The lowest BCUT2D eigenvalue weighted by atomic mass is 10.0. The third-order valence-corrected chi connectivity index (χ3v) is 6.19. The van der Waals surface area contributed by atoms with Gasteiger partial charge in [-0.1, -0.05) is 0 Å². The number of benzene rings is 1. The zero-order valence-electron chi connectivity index (χ0n) is 16.3. The summed E-state index contributed by atoms with van der Waals surface area (Å²) in [7, 11) is 0. The van der Waals surface area contributed by atoms with Gasteiger partial charge in [-0.2, -0.15) is 4.98 Å². The Kier molecular flexibility index (Phi) is 5.21. The number of nitrogens with zero attached hydrogens (tertiary/aromatic N) is 3. The molecule has 0 saturated carbocycles. The number of rotatable bonds is 5. The number of fused-ring (bicyclic) bond motifs is 3. The molecule has 2 bridgehead atoms. The second-order valence-electron chi connectivity index (χ2n) is 7.76. The Morgan fingerprint density at radius 2 is 1.97 bits per heavy atom. The van der Waals surface area contributed by atoms with Crippen molar-refractivity contribution in [2.24, 2.45) is 0 Å². The van der Waals surface area contributed by atoms with Gasteiger partial charge in [0.15, 0.2) is 16.8 Å². The van der Waals surface area contributed by atoms with Crippen LogP contribution in [-0.4, -0.2) is 53.0 Å². The van der Waals surface area contributed by atoms with Crippen LogP contribution in [0.5, 0.6) is 5.75 Å². The van der Waals surface area contributed by atoms with Crippen LogP contribution >= 0.6 is 11.3 Å². The highest BCUT2D eigenvalue weighted by Gasteiger charge is 2.39. The molecule has 2 aliphatic rings. The van der Waals surface area contributed by atoms with Crippen molar-refractivity contribution in [1.82, 2.24) is 15.3 Å². The second kappa shape index (κ2) is 7.81. The Hall–Kier alpha value is -2.51. The molecule has 5 rings (SSSR count). The van der Waals surface area contributed by atoms with E-state index in [-0.39, 0.29) is 29.2 Å². The van der Waals surface area contributed by atoms with Gasteiger partial charge in [-0.15, -0.1) is 24.5 Å². The van der Waals surface area contributed by atoms with E-state index in [1.54, 1.807) is 5.38 Å². The quantitative estimate of drug-likeness (QED) is 0.537. The van der Waals surface area contributed by atoms with Gasteiger partial charge < -0.3 is 24.5 Å². The minimum Gasteiger partial charge on any atom is -0.423 e. The largest absolute Gasteiger partial charge is 0.573 e. The Labute approximate surface area is 181 Å². The van der Waals surface area contributed by atoms with Gasteiger partial charge in [-0.25, -0.2) is 13.8 Å². The van der Waals surface area contributed by atoms with Crippen molar-refractivity contribution in [3.05, 3.63) is 22.5 Å². The number of hydrogen-bond acceptors (Lipinski definition) is 8. The molecular weight excluding hydrogens is 459 g/mol. The fourth-order valence-electron chi connectivity index (χ4n) is 4.27. The Morgan fingerprint density at radius 1 is 1.25 bits per heavy atom. The summed E-state index contributed by atoms with van der Waals surface area (Å²) >= 11 is 1.21. The molecule has 4 heterocycles. The number of halogens is 5. The zero-order valence-corrected chi connectivity index (χ0v) is 17.1. The molecule has 32 heavy (non-hydrogen) atoms. The van der Waals surface area contributed by atoms with E-state index in [9.17, 15) is 27.1 Å². The molecule has 0 spiro atoms. The Morgan fingerprint density at radius 3 is 2.56 bits per heavy atom. The first-order chi connectivity index (χ1) is 15.2. The van der Waals surface area contributed by atoms with Crippen LogP contribution in [0.15, 0.2) is 21.4 Å². The molecule has 0 amide bonds. The number of aromatic nitrogens is 2. The molecule has 1 aromatic carbocycles. The standard InChI is InChI=1S/C19H17F5N4O3S/c20-17(21)14(29)11-3-10(12-6-32-7-25-12)15-13(16(11)31-19(22,23)24)27-18(30-15)28-4-8-1-2-9(5-28)26-8/h3,6-9,14,17,26,29H,1-2,4-5H2/t8?,9?,14-/m1/s1. The van der Waals surface area contributed by atoms with Crippen LogP contribution in [0.3, 0.4) is 0 Å². The summed E-state index contributed by atoms with van der Waals surface area (Å²) in [6.07, 6.45) is -9.15. The van der Waals surface area contributed by atoms with Gasteiger partial charge in [0.1, 0.15) is 6.10 Å². The third-order valence-electron chi connectivity index (χ3n) is 5.61. The molecule has 2 fully saturated rings. The SMILES string of the molecule is O[C@H](c1cc(-c2cscn2)c2oc(N3CC4CCC(C3)N4)nc2c1OC(F)(F)F)C(F)F. The summed E-state index contributed by atoms with van der Waals surface area (Å²) in [6.45, 7) is 1.08. The molecule has 172 valence electrons. The fourth-order valence-corrected chi connectivity index (χ4v) is 4.82. The molecule has 3 aromatic rings. The van der Waals surface area contributed by atoms with Gasteiger partial charge in [0.25, 0.3) is 12.4 Å². The zero-order chi connectivity index (χ0) is 22.6. The average Bonchev–Trinajstić information content (AvgIpc) is 3.46. The Balaban J connectivity index is 1.71. The van der Waals surface area contributed by atoms with Gasteiger partial charge in [0, 0.05) is 41.7 Å². The van der Waals surface area contributed by atoms with Crippen LogP contribution in [0, 0.1) is 0 Å². The lowest BCUT2D eigenvalue weighted by molar-refractivity contribution is -0.274. The average molecular weight is 476 g/mol. The highest BCUT2D eigenvalue weighted by Crippen LogP contribution is 2.44. The van der Waals surface area contributed by atoms with E-state index in [0.717, 1.165) is 18.9 Å². The molecule has 2 aliphatic heterocycles. The molecule has 2 unspecified atom stereocenters. The van der Waals surface area contributed by atoms with Crippen molar-refractivity contribution in [2.75, 3.05) is 18.0 Å². The van der Waals surface area contributed by atoms with Crippen molar-refractivity contribution in [3.8, 4) is 17.0 Å². The lowest BCUT2D eigenvalue weighted by Crippen LogP contribution is -2.51. The fraction of sp³-hybridized carbons (Fsp3) is 0.474. The third kappa shape index (κ3) is 3.88. The number of alkyl halides is 5. The van der Waals surface area contributed by atoms with E-state index in [0.29, 0.717) is 18.8 Å². The first kappa shape index (κ1) is 21.3. The first-order valence-corrected chi connectivity index (χ1v) is 10.7. The number of ether oxygens (including phenoxy) is 1. The number of oxazole rings is 1. The number of thiazole rings is 1. The molecule has 0 aliphatic carbocycles. The second-order valence-corrected chi connectivity index (χ2v) is 8.48. The molecular formula is C19H17F5N4O3S. The van der Waals surface area contributed by atoms with E-state index in [4.69, 9.17) is 4.42 Å². The number of aliphatic hydroxyl groups excluding tert-OH is 1. The monoisotopic (exact) mass is 476 g/mol. The number of nitrogens with one attached hydrogen (secondary N) is 1. The Bertz CT molecular complexity index is 1110. The maximum Gasteiger partial charge on any atom is 0.573 e. The molecule has 2 saturated heterocycles. The highest BCUT2D eigenvalue weighted by atomic mass is 32.1. The van der Waals surface area contributed by atoms with Crippen molar-refractivity contribution in [1.29, 1.82) is 0 Å². The van der Waals surface area contributed by atoms with Crippen LogP contribution in [0.4, 0.5) is 28.0 Å². The van der Waals surface area contributed by atoms with Gasteiger partial charge in [-0.3, -0.25) is 0 Å². The summed E-state index contributed by atoms with van der Waals surface area (Å²) in [5, 5.41) is 15.0. The van der Waals surface area contributed by atoms with Gasteiger partial charge >= 0.3 is 6.36 Å². The summed E-state index contributed by atoms with van der Waals surface area (Å²) in [5.41, 5.74) is 0.694. The van der Waals surface area contributed by atoms with Crippen LogP contribution in [-0.2, 0) is 0 Å². The molecule has 0 radical (unpaired) electrons. The van der Waals surface area contributed by atoms with Gasteiger partial charge in [0.05, 0.1) is 11.2 Å². The minimum absolute atomic E-state index is 0.0607. The lowest BCUT2D eigenvalue weighted by Gasteiger charge is -2.31. The van der Waals surface area contributed by atoms with Gasteiger partial charge in [0.2, 0.25) is 0 Å². The predicted octanol–water partition coefficient (Wildman–Crippen LogP) is 4.09. The summed E-state index contributed by atoms with van der Waals surface area (Å²) in [4.78, 5) is 10.1.